The normalized spacial score (nSPS) is 15.0. The van der Waals surface area contributed by atoms with Crippen LogP contribution in [0.2, 0.25) is 0 Å². The van der Waals surface area contributed by atoms with Crippen LogP contribution in [-0.4, -0.2) is 76.4 Å². The molecule has 3 amide bonds. The van der Waals surface area contributed by atoms with Crippen LogP contribution in [0.25, 0.3) is 10.2 Å². The van der Waals surface area contributed by atoms with Gasteiger partial charge in [-0.15, -0.1) is 11.3 Å². The summed E-state index contributed by atoms with van der Waals surface area (Å²) in [6.07, 6.45) is -0.509. The van der Waals surface area contributed by atoms with Crippen molar-refractivity contribution in [3.63, 3.8) is 0 Å². The first-order chi connectivity index (χ1) is 13.6. The van der Waals surface area contributed by atoms with Gasteiger partial charge in [-0.1, -0.05) is 12.1 Å². The topological polar surface area (TPSA) is 83.1 Å². The molecule has 1 aliphatic heterocycles. The molecule has 1 aliphatic rings. The van der Waals surface area contributed by atoms with Gasteiger partial charge in [0.2, 0.25) is 11.8 Å². The van der Waals surface area contributed by atoms with E-state index in [1.54, 1.807) is 44.1 Å². The Hall–Kier alpha value is -2.68. The molecule has 2 aromatic rings. The van der Waals surface area contributed by atoms with Crippen LogP contribution in [0.4, 0.5) is 4.79 Å². The van der Waals surface area contributed by atoms with E-state index in [4.69, 9.17) is 4.74 Å². The minimum absolute atomic E-state index is 0.0115. The average molecular weight is 419 g/mol. The number of carbonyl (C=O) groups is 3. The number of hydrogen-bond acceptors (Lipinski definition) is 6. The standard InChI is InChI=1S/C20H26N4O4S/c1-20(2,3)28-19(27)24-10-9-23(18(26)13-24)12-17(25)22(4)11-16-21-14-7-5-6-8-15(14)29-16/h5-8H,9-13H2,1-4H3. The van der Waals surface area contributed by atoms with E-state index in [-0.39, 0.29) is 24.9 Å². The quantitative estimate of drug-likeness (QED) is 0.761. The second-order valence-corrected chi connectivity index (χ2v) is 9.16. The van der Waals surface area contributed by atoms with E-state index in [2.05, 4.69) is 4.98 Å². The van der Waals surface area contributed by atoms with Crippen LogP contribution < -0.4 is 0 Å². The van der Waals surface area contributed by atoms with E-state index in [0.29, 0.717) is 19.6 Å². The Labute approximate surface area is 174 Å². The van der Waals surface area contributed by atoms with Crippen LogP contribution in [0.1, 0.15) is 25.8 Å². The zero-order valence-corrected chi connectivity index (χ0v) is 18.0. The van der Waals surface area contributed by atoms with Gasteiger partial charge < -0.3 is 14.5 Å². The van der Waals surface area contributed by atoms with Gasteiger partial charge in [0.15, 0.2) is 0 Å². The summed E-state index contributed by atoms with van der Waals surface area (Å²) in [5.41, 5.74) is 0.304. The van der Waals surface area contributed by atoms with Gasteiger partial charge in [-0.2, -0.15) is 0 Å². The highest BCUT2D eigenvalue weighted by Gasteiger charge is 2.31. The van der Waals surface area contributed by atoms with Crippen molar-refractivity contribution < 1.29 is 19.1 Å². The number of aromatic nitrogens is 1. The van der Waals surface area contributed by atoms with Gasteiger partial charge in [0.25, 0.3) is 0 Å². The highest BCUT2D eigenvalue weighted by Crippen LogP contribution is 2.22. The predicted octanol–water partition coefficient (Wildman–Crippen LogP) is 2.33. The monoisotopic (exact) mass is 418 g/mol. The Bertz CT molecular complexity index is 888. The lowest BCUT2D eigenvalue weighted by atomic mass is 10.2. The number of piperazine rings is 1. The van der Waals surface area contributed by atoms with Crippen LogP contribution in [0.5, 0.6) is 0 Å². The molecular formula is C20H26N4O4S. The number of rotatable bonds is 4. The summed E-state index contributed by atoms with van der Waals surface area (Å²) >= 11 is 1.55. The molecule has 1 saturated heterocycles. The predicted molar refractivity (Wildman–Crippen MR) is 110 cm³/mol. The maximum atomic E-state index is 12.6. The van der Waals surface area contributed by atoms with Gasteiger partial charge in [-0.25, -0.2) is 9.78 Å². The van der Waals surface area contributed by atoms with Crippen molar-refractivity contribution in [2.24, 2.45) is 0 Å². The molecule has 1 aromatic heterocycles. The lowest BCUT2D eigenvalue weighted by molar-refractivity contribution is -0.143. The smallest absolute Gasteiger partial charge is 0.410 e. The molecule has 0 spiro atoms. The van der Waals surface area contributed by atoms with Crippen molar-refractivity contribution in [3.05, 3.63) is 29.3 Å². The van der Waals surface area contributed by atoms with Crippen molar-refractivity contribution in [1.82, 2.24) is 19.7 Å². The zero-order valence-electron chi connectivity index (χ0n) is 17.2. The number of fused-ring (bicyclic) bond motifs is 1. The molecule has 0 aliphatic carbocycles. The van der Waals surface area contributed by atoms with E-state index in [9.17, 15) is 14.4 Å². The van der Waals surface area contributed by atoms with Crippen LogP contribution >= 0.6 is 11.3 Å². The third kappa shape index (κ3) is 5.44. The number of benzene rings is 1. The lowest BCUT2D eigenvalue weighted by Crippen LogP contribution is -2.55. The minimum atomic E-state index is -0.615. The number of amides is 3. The second kappa shape index (κ2) is 8.36. The maximum Gasteiger partial charge on any atom is 0.410 e. The van der Waals surface area contributed by atoms with E-state index >= 15 is 0 Å². The number of likely N-dealkylation sites (N-methyl/N-ethyl adjacent to an activating group) is 1. The van der Waals surface area contributed by atoms with Gasteiger partial charge in [0.05, 0.1) is 23.3 Å². The van der Waals surface area contributed by atoms with Crippen molar-refractivity contribution in [3.8, 4) is 0 Å². The Morgan fingerprint density at radius 3 is 2.62 bits per heavy atom. The largest absolute Gasteiger partial charge is 0.444 e. The van der Waals surface area contributed by atoms with Gasteiger partial charge in [-0.3, -0.25) is 14.5 Å². The third-order valence-corrected chi connectivity index (χ3v) is 5.45. The van der Waals surface area contributed by atoms with Crippen molar-refractivity contribution in [2.75, 3.05) is 33.2 Å². The summed E-state index contributed by atoms with van der Waals surface area (Å²) in [6.45, 7) is 6.29. The molecule has 0 atom stereocenters. The summed E-state index contributed by atoms with van der Waals surface area (Å²) in [4.78, 5) is 46.1. The van der Waals surface area contributed by atoms with Crippen molar-refractivity contribution >= 4 is 39.5 Å². The fourth-order valence-corrected chi connectivity index (χ4v) is 3.94. The van der Waals surface area contributed by atoms with Crippen molar-refractivity contribution in [1.29, 1.82) is 0 Å². The maximum absolute atomic E-state index is 12.6. The third-order valence-electron chi connectivity index (χ3n) is 4.43. The Kier molecular flexibility index (Phi) is 6.07. The molecule has 9 heteroatoms. The molecule has 1 aromatic carbocycles. The van der Waals surface area contributed by atoms with Gasteiger partial charge in [-0.05, 0) is 32.9 Å². The number of hydrogen-bond donors (Lipinski definition) is 0. The summed E-state index contributed by atoms with van der Waals surface area (Å²) in [5, 5.41) is 0.850. The molecule has 0 bridgehead atoms. The molecule has 2 heterocycles. The number of ether oxygens (including phenoxy) is 1. The lowest BCUT2D eigenvalue weighted by Gasteiger charge is -2.35. The van der Waals surface area contributed by atoms with Crippen LogP contribution in [0, 0.1) is 0 Å². The molecule has 0 N–H and O–H groups in total. The molecule has 0 saturated carbocycles. The molecule has 8 nitrogen and oxygen atoms in total. The van der Waals surface area contributed by atoms with Crippen LogP contribution in [-0.2, 0) is 20.9 Å². The number of thiazole rings is 1. The first-order valence-corrected chi connectivity index (χ1v) is 10.3. The SMILES string of the molecule is CN(Cc1nc2ccccc2s1)C(=O)CN1CCN(C(=O)OC(C)(C)C)CC1=O. The van der Waals surface area contributed by atoms with Crippen LogP contribution in [0.3, 0.4) is 0 Å². The summed E-state index contributed by atoms with van der Waals surface area (Å²) in [5.74, 6) is -0.424. The highest BCUT2D eigenvalue weighted by atomic mass is 32.1. The number of nitrogens with zero attached hydrogens (tertiary/aromatic N) is 4. The van der Waals surface area contributed by atoms with Gasteiger partial charge >= 0.3 is 6.09 Å². The molecule has 1 fully saturated rings. The number of para-hydroxylation sites is 1. The number of carbonyl (C=O) groups excluding carboxylic acids is 3. The summed E-state index contributed by atoms with van der Waals surface area (Å²) in [7, 11) is 1.70. The molecular weight excluding hydrogens is 392 g/mol. The van der Waals surface area contributed by atoms with E-state index in [0.717, 1.165) is 15.2 Å². The molecule has 0 unspecified atom stereocenters. The zero-order chi connectivity index (χ0) is 21.2. The Balaban J connectivity index is 1.52. The Morgan fingerprint density at radius 2 is 1.97 bits per heavy atom. The van der Waals surface area contributed by atoms with Crippen LogP contribution in [0.15, 0.2) is 24.3 Å². The average Bonchev–Trinajstić information content (AvgIpc) is 3.04. The minimum Gasteiger partial charge on any atom is -0.444 e. The molecule has 29 heavy (non-hydrogen) atoms. The molecule has 3 rings (SSSR count). The summed E-state index contributed by atoms with van der Waals surface area (Å²) < 4.78 is 6.39. The van der Waals surface area contributed by atoms with Gasteiger partial charge in [0.1, 0.15) is 17.2 Å². The van der Waals surface area contributed by atoms with E-state index in [1.165, 1.54) is 9.80 Å². The fourth-order valence-electron chi connectivity index (χ4n) is 2.92. The molecule has 0 radical (unpaired) electrons. The summed E-state index contributed by atoms with van der Waals surface area (Å²) in [6, 6.07) is 7.84. The second-order valence-electron chi connectivity index (χ2n) is 8.04. The van der Waals surface area contributed by atoms with E-state index in [1.807, 2.05) is 24.3 Å². The van der Waals surface area contributed by atoms with E-state index < -0.39 is 11.7 Å². The first-order valence-electron chi connectivity index (χ1n) is 9.46. The fraction of sp³-hybridized carbons (Fsp3) is 0.500. The molecule has 156 valence electrons. The first kappa shape index (κ1) is 21.0. The van der Waals surface area contributed by atoms with Crippen molar-refractivity contribution in [2.45, 2.75) is 32.9 Å². The van der Waals surface area contributed by atoms with Gasteiger partial charge in [0, 0.05) is 20.1 Å². The highest BCUT2D eigenvalue weighted by molar-refractivity contribution is 7.18. The Morgan fingerprint density at radius 1 is 1.24 bits per heavy atom.